The molecule has 122 valence electrons. The Balaban J connectivity index is 1.97. The molecule has 2 nitrogen and oxygen atoms in total. The summed E-state index contributed by atoms with van der Waals surface area (Å²) < 4.78 is 13.1. The van der Waals surface area contributed by atoms with Gasteiger partial charge in [-0.05, 0) is 54.4 Å². The molecule has 0 amide bonds. The van der Waals surface area contributed by atoms with Crippen molar-refractivity contribution in [2.75, 3.05) is 5.32 Å². The van der Waals surface area contributed by atoms with Crippen molar-refractivity contribution in [1.29, 1.82) is 0 Å². The predicted molar refractivity (Wildman–Crippen MR) is 99.7 cm³/mol. The van der Waals surface area contributed by atoms with Gasteiger partial charge in [-0.2, -0.15) is 0 Å². The molecule has 5 heteroatoms. The molecule has 0 heterocycles. The van der Waals surface area contributed by atoms with Gasteiger partial charge in [-0.15, -0.1) is 0 Å². The zero-order valence-electron chi connectivity index (χ0n) is 13.4. The Kier molecular flexibility index (Phi) is 5.97. The van der Waals surface area contributed by atoms with Gasteiger partial charge in [0, 0.05) is 5.69 Å². The lowest BCUT2D eigenvalue weighted by Crippen LogP contribution is -2.30. The highest BCUT2D eigenvalue weighted by Gasteiger charge is 2.09. The third-order valence-corrected chi connectivity index (χ3v) is 4.14. The summed E-state index contributed by atoms with van der Waals surface area (Å²) in [6.07, 6.45) is 0. The quantitative estimate of drug-likeness (QED) is 0.697. The van der Waals surface area contributed by atoms with Gasteiger partial charge in [0.25, 0.3) is 0 Å². The Morgan fingerprint density at radius 3 is 2.22 bits per heavy atom. The SMILES string of the molecule is CC(C)c1ccc(C(C)NC(=S)Nc2ccc(F)c(Cl)c2)cc1. The van der Waals surface area contributed by atoms with Gasteiger partial charge < -0.3 is 10.6 Å². The summed E-state index contributed by atoms with van der Waals surface area (Å²) >= 11 is 11.1. The molecule has 0 aliphatic carbocycles. The fourth-order valence-corrected chi connectivity index (χ4v) is 2.67. The molecule has 0 saturated heterocycles. The predicted octanol–water partition coefficient (Wildman–Crippen LogP) is 5.65. The molecule has 23 heavy (non-hydrogen) atoms. The Morgan fingerprint density at radius 2 is 1.65 bits per heavy atom. The van der Waals surface area contributed by atoms with Crippen molar-refractivity contribution < 1.29 is 4.39 Å². The first kappa shape index (κ1) is 17.7. The average molecular weight is 351 g/mol. The summed E-state index contributed by atoms with van der Waals surface area (Å²) in [5, 5.41) is 6.75. The van der Waals surface area contributed by atoms with E-state index in [1.54, 1.807) is 6.07 Å². The van der Waals surface area contributed by atoms with Crippen molar-refractivity contribution in [3.8, 4) is 0 Å². The smallest absolute Gasteiger partial charge is 0.171 e. The minimum absolute atomic E-state index is 0.0622. The molecule has 0 fully saturated rings. The van der Waals surface area contributed by atoms with E-state index >= 15 is 0 Å². The van der Waals surface area contributed by atoms with Crippen molar-refractivity contribution in [2.24, 2.45) is 0 Å². The standard InChI is InChI=1S/C18H20ClFN2S/c1-11(2)13-4-6-14(7-5-13)12(3)21-18(23)22-15-8-9-17(20)16(19)10-15/h4-12H,1-3H3,(H2,21,22,23). The van der Waals surface area contributed by atoms with Gasteiger partial charge in [0.2, 0.25) is 0 Å². The molecule has 1 unspecified atom stereocenters. The lowest BCUT2D eigenvalue weighted by molar-refractivity contribution is 0.628. The molecule has 0 bridgehead atoms. The summed E-state index contributed by atoms with van der Waals surface area (Å²) in [6, 6.07) is 12.9. The van der Waals surface area contributed by atoms with E-state index in [9.17, 15) is 4.39 Å². The van der Waals surface area contributed by atoms with Crippen molar-refractivity contribution in [3.05, 3.63) is 64.4 Å². The van der Waals surface area contributed by atoms with Gasteiger partial charge in [-0.3, -0.25) is 0 Å². The van der Waals surface area contributed by atoms with E-state index in [0.717, 1.165) is 5.56 Å². The van der Waals surface area contributed by atoms with Crippen LogP contribution in [0.15, 0.2) is 42.5 Å². The molecule has 2 N–H and O–H groups in total. The van der Waals surface area contributed by atoms with E-state index in [0.29, 0.717) is 16.7 Å². The molecular weight excluding hydrogens is 331 g/mol. The van der Waals surface area contributed by atoms with Crippen LogP contribution in [0.4, 0.5) is 10.1 Å². The zero-order valence-corrected chi connectivity index (χ0v) is 14.9. The average Bonchev–Trinajstić information content (AvgIpc) is 2.51. The van der Waals surface area contributed by atoms with Crippen molar-refractivity contribution in [2.45, 2.75) is 32.7 Å². The van der Waals surface area contributed by atoms with E-state index < -0.39 is 5.82 Å². The monoisotopic (exact) mass is 350 g/mol. The minimum atomic E-state index is -0.449. The van der Waals surface area contributed by atoms with Crippen LogP contribution in [0.3, 0.4) is 0 Å². The molecule has 0 aliphatic rings. The number of benzene rings is 2. The molecule has 2 rings (SSSR count). The van der Waals surface area contributed by atoms with Gasteiger partial charge >= 0.3 is 0 Å². The molecule has 0 aliphatic heterocycles. The zero-order chi connectivity index (χ0) is 17.0. The van der Waals surface area contributed by atoms with Crippen LogP contribution in [-0.2, 0) is 0 Å². The van der Waals surface area contributed by atoms with Crippen LogP contribution in [0.25, 0.3) is 0 Å². The number of halogens is 2. The van der Waals surface area contributed by atoms with E-state index in [1.807, 2.05) is 6.92 Å². The third-order valence-electron chi connectivity index (χ3n) is 3.63. The molecule has 0 spiro atoms. The molecule has 0 aromatic heterocycles. The Labute approximate surface area is 147 Å². The normalized spacial score (nSPS) is 12.1. The molecule has 2 aromatic carbocycles. The summed E-state index contributed by atoms with van der Waals surface area (Å²) in [6.45, 7) is 6.38. The highest BCUT2D eigenvalue weighted by molar-refractivity contribution is 7.80. The van der Waals surface area contributed by atoms with Crippen LogP contribution in [-0.4, -0.2) is 5.11 Å². The van der Waals surface area contributed by atoms with Crippen LogP contribution in [0.2, 0.25) is 5.02 Å². The van der Waals surface area contributed by atoms with Crippen LogP contribution in [0, 0.1) is 5.82 Å². The second-order valence-electron chi connectivity index (χ2n) is 5.77. The Bertz CT molecular complexity index is 686. The van der Waals surface area contributed by atoms with Crippen LogP contribution in [0.1, 0.15) is 43.9 Å². The minimum Gasteiger partial charge on any atom is -0.356 e. The third kappa shape index (κ3) is 4.91. The molecule has 0 saturated carbocycles. The summed E-state index contributed by atoms with van der Waals surface area (Å²) in [5.41, 5.74) is 3.11. The van der Waals surface area contributed by atoms with Gasteiger partial charge in [0.15, 0.2) is 5.11 Å². The number of nitrogens with one attached hydrogen (secondary N) is 2. The molecular formula is C18H20ClFN2S. The molecule has 2 aromatic rings. The number of anilines is 1. The second-order valence-corrected chi connectivity index (χ2v) is 6.59. The van der Waals surface area contributed by atoms with Gasteiger partial charge in [0.05, 0.1) is 11.1 Å². The first-order valence-corrected chi connectivity index (χ1v) is 8.28. The molecule has 1 atom stereocenters. The number of hydrogen-bond donors (Lipinski definition) is 2. The summed E-state index contributed by atoms with van der Waals surface area (Å²) in [5.74, 6) is 0.0630. The van der Waals surface area contributed by atoms with E-state index in [1.165, 1.54) is 17.7 Å². The lowest BCUT2D eigenvalue weighted by atomic mass is 10.00. The van der Waals surface area contributed by atoms with Gasteiger partial charge in [-0.1, -0.05) is 49.7 Å². The van der Waals surface area contributed by atoms with Crippen LogP contribution in [0.5, 0.6) is 0 Å². The van der Waals surface area contributed by atoms with Crippen molar-refractivity contribution in [3.63, 3.8) is 0 Å². The first-order valence-electron chi connectivity index (χ1n) is 7.49. The Hall–Kier alpha value is -1.65. The maximum atomic E-state index is 13.1. The van der Waals surface area contributed by atoms with Crippen molar-refractivity contribution in [1.82, 2.24) is 5.32 Å². The Morgan fingerprint density at radius 1 is 1.04 bits per heavy atom. The fraction of sp³-hybridized carbons (Fsp3) is 0.278. The van der Waals surface area contributed by atoms with E-state index in [-0.39, 0.29) is 11.1 Å². The number of hydrogen-bond acceptors (Lipinski definition) is 1. The topological polar surface area (TPSA) is 24.1 Å². The fourth-order valence-electron chi connectivity index (χ4n) is 2.19. The van der Waals surface area contributed by atoms with Crippen molar-refractivity contribution >= 4 is 34.6 Å². The van der Waals surface area contributed by atoms with Crippen LogP contribution < -0.4 is 10.6 Å². The second kappa shape index (κ2) is 7.75. The van der Waals surface area contributed by atoms with Gasteiger partial charge in [0.1, 0.15) is 5.82 Å². The number of rotatable bonds is 4. The maximum Gasteiger partial charge on any atom is 0.171 e. The number of thiocarbonyl (C=S) groups is 1. The van der Waals surface area contributed by atoms with Crippen LogP contribution >= 0.6 is 23.8 Å². The van der Waals surface area contributed by atoms with Gasteiger partial charge in [-0.25, -0.2) is 4.39 Å². The van der Waals surface area contributed by atoms with E-state index in [4.69, 9.17) is 23.8 Å². The first-order chi connectivity index (χ1) is 10.9. The highest BCUT2D eigenvalue weighted by atomic mass is 35.5. The largest absolute Gasteiger partial charge is 0.356 e. The highest BCUT2D eigenvalue weighted by Crippen LogP contribution is 2.21. The molecule has 0 radical (unpaired) electrons. The van der Waals surface area contributed by atoms with E-state index in [2.05, 4.69) is 48.7 Å². The summed E-state index contributed by atoms with van der Waals surface area (Å²) in [7, 11) is 0. The summed E-state index contributed by atoms with van der Waals surface area (Å²) in [4.78, 5) is 0. The maximum absolute atomic E-state index is 13.1. The lowest BCUT2D eigenvalue weighted by Gasteiger charge is -2.18.